The largest absolute Gasteiger partial charge is 0.504 e. The number of fused-ring (bicyclic) bond motifs is 1. The Morgan fingerprint density at radius 1 is 1.38 bits per heavy atom. The highest BCUT2D eigenvalue weighted by atomic mass is 16.5. The summed E-state index contributed by atoms with van der Waals surface area (Å²) in [5.74, 6) is -1.30. The fraction of sp³-hybridized carbons (Fsp3) is 0.696. The zero-order valence-corrected chi connectivity index (χ0v) is 18.4. The van der Waals surface area contributed by atoms with Crippen LogP contribution in [0.5, 0.6) is 0 Å². The molecule has 0 aromatic rings. The third kappa shape index (κ3) is 4.26. The summed E-state index contributed by atoms with van der Waals surface area (Å²) in [6.07, 6.45) is 3.65. The van der Waals surface area contributed by atoms with Gasteiger partial charge in [-0.15, -0.1) is 0 Å². The molecule has 2 rings (SSSR count). The number of hydrogen-bond donors (Lipinski definition) is 1. The molecule has 0 aromatic carbocycles. The first-order valence-electron chi connectivity index (χ1n) is 10.3. The Bertz CT molecular complexity index is 738. The summed E-state index contributed by atoms with van der Waals surface area (Å²) in [4.78, 5) is 35.8. The second kappa shape index (κ2) is 8.33. The van der Waals surface area contributed by atoms with Crippen molar-refractivity contribution in [2.45, 2.75) is 66.4 Å². The number of ether oxygens (including phenoxy) is 2. The van der Waals surface area contributed by atoms with Gasteiger partial charge in [-0.2, -0.15) is 0 Å². The molecule has 6 atom stereocenters. The minimum absolute atomic E-state index is 0.000135. The van der Waals surface area contributed by atoms with Crippen molar-refractivity contribution in [3.8, 4) is 0 Å². The number of methoxy groups -OCH3 is 1. The van der Waals surface area contributed by atoms with Crippen LogP contribution in [0.4, 0.5) is 0 Å². The van der Waals surface area contributed by atoms with Gasteiger partial charge < -0.3 is 14.6 Å². The third-order valence-electron chi connectivity index (χ3n) is 7.38. The lowest BCUT2D eigenvalue weighted by Crippen LogP contribution is -2.56. The van der Waals surface area contributed by atoms with Crippen LogP contribution in [0.2, 0.25) is 0 Å². The first-order valence-corrected chi connectivity index (χ1v) is 10.3. The number of ketones is 1. The summed E-state index contributed by atoms with van der Waals surface area (Å²) in [6, 6.07) is 0. The second-order valence-corrected chi connectivity index (χ2v) is 9.33. The van der Waals surface area contributed by atoms with E-state index in [4.69, 9.17) is 9.47 Å². The lowest BCUT2D eigenvalue weighted by atomic mass is 9.46. The highest BCUT2D eigenvalue weighted by molar-refractivity contribution is 6.08. The smallest absolute Gasteiger partial charge is 0.305 e. The van der Waals surface area contributed by atoms with Crippen LogP contribution in [-0.2, 0) is 23.9 Å². The van der Waals surface area contributed by atoms with Crippen LogP contribution in [0.3, 0.4) is 0 Å². The van der Waals surface area contributed by atoms with Gasteiger partial charge in [-0.25, -0.2) is 0 Å². The summed E-state index contributed by atoms with van der Waals surface area (Å²) in [5, 5.41) is 10.3. The lowest BCUT2D eigenvalue weighted by Gasteiger charge is -2.58. The van der Waals surface area contributed by atoms with Gasteiger partial charge in [0.25, 0.3) is 0 Å². The van der Waals surface area contributed by atoms with Crippen LogP contribution in [0.15, 0.2) is 24.0 Å². The van der Waals surface area contributed by atoms with Crippen LogP contribution in [0.25, 0.3) is 0 Å². The molecule has 1 saturated carbocycles. The number of esters is 2. The Morgan fingerprint density at radius 2 is 2.00 bits per heavy atom. The Hall–Kier alpha value is -2.11. The van der Waals surface area contributed by atoms with E-state index in [1.54, 1.807) is 6.08 Å². The topological polar surface area (TPSA) is 89.9 Å². The molecule has 1 N–H and O–H groups in total. The normalized spacial score (nSPS) is 35.4. The van der Waals surface area contributed by atoms with Gasteiger partial charge in [0.2, 0.25) is 5.78 Å². The van der Waals surface area contributed by atoms with Crippen molar-refractivity contribution in [1.82, 2.24) is 0 Å². The van der Waals surface area contributed by atoms with Gasteiger partial charge in [0.1, 0.15) is 6.10 Å². The van der Waals surface area contributed by atoms with E-state index >= 15 is 0 Å². The van der Waals surface area contributed by atoms with E-state index in [0.717, 1.165) is 12.8 Å². The lowest BCUT2D eigenvalue weighted by molar-refractivity contribution is -0.166. The monoisotopic (exact) mass is 406 g/mol. The summed E-state index contributed by atoms with van der Waals surface area (Å²) in [6.45, 7) is 13.5. The van der Waals surface area contributed by atoms with E-state index in [-0.39, 0.29) is 47.0 Å². The fourth-order valence-electron chi connectivity index (χ4n) is 5.26. The number of carbonyl (C=O) groups is 3. The number of allylic oxidation sites excluding steroid dienone is 2. The molecule has 0 bridgehead atoms. The summed E-state index contributed by atoms with van der Waals surface area (Å²) in [5.41, 5.74) is -0.619. The Balaban J connectivity index is 2.41. The Morgan fingerprint density at radius 3 is 2.55 bits per heavy atom. The summed E-state index contributed by atoms with van der Waals surface area (Å²) >= 11 is 0. The van der Waals surface area contributed by atoms with Crippen molar-refractivity contribution >= 4 is 17.7 Å². The summed E-state index contributed by atoms with van der Waals surface area (Å²) < 4.78 is 10.4. The molecular formula is C23H34O6. The number of carbonyl (C=O) groups excluding carboxylic acids is 3. The molecule has 0 radical (unpaired) electrons. The van der Waals surface area contributed by atoms with Crippen molar-refractivity contribution in [3.63, 3.8) is 0 Å². The molecule has 2 aliphatic carbocycles. The van der Waals surface area contributed by atoms with E-state index in [9.17, 15) is 19.5 Å². The van der Waals surface area contributed by atoms with Crippen LogP contribution < -0.4 is 0 Å². The zero-order chi connectivity index (χ0) is 22.1. The molecule has 0 unspecified atom stereocenters. The molecule has 0 saturated heterocycles. The van der Waals surface area contributed by atoms with Crippen LogP contribution in [0, 0.1) is 28.6 Å². The quantitative estimate of drug-likeness (QED) is 0.526. The van der Waals surface area contributed by atoms with Crippen molar-refractivity contribution in [2.75, 3.05) is 7.11 Å². The van der Waals surface area contributed by atoms with Crippen LogP contribution >= 0.6 is 0 Å². The average Bonchev–Trinajstić information content (AvgIpc) is 2.65. The Kier molecular flexibility index (Phi) is 6.65. The first-order chi connectivity index (χ1) is 13.4. The molecule has 0 heterocycles. The molecule has 29 heavy (non-hydrogen) atoms. The van der Waals surface area contributed by atoms with Gasteiger partial charge in [-0.1, -0.05) is 34.3 Å². The van der Waals surface area contributed by atoms with Crippen molar-refractivity contribution in [1.29, 1.82) is 0 Å². The molecule has 1 fully saturated rings. The minimum atomic E-state index is -0.615. The SMILES string of the molecule is C=C1C(=O)C(O)=C[C@@H]2[C@@](C)(CC[C@@H](C)CC(=O)OC)[C@H](C)[C@@H](OC(C)=O)C[C@]12C. The molecular weight excluding hydrogens is 372 g/mol. The molecule has 6 nitrogen and oxygen atoms in total. The number of rotatable bonds is 6. The maximum Gasteiger partial charge on any atom is 0.305 e. The van der Waals surface area contributed by atoms with Gasteiger partial charge in [0.05, 0.1) is 7.11 Å². The molecule has 2 aliphatic rings. The van der Waals surface area contributed by atoms with Gasteiger partial charge in [-0.05, 0) is 48.5 Å². The zero-order valence-electron chi connectivity index (χ0n) is 18.4. The van der Waals surface area contributed by atoms with Gasteiger partial charge in [0.15, 0.2) is 5.76 Å². The second-order valence-electron chi connectivity index (χ2n) is 9.33. The molecule has 0 aliphatic heterocycles. The molecule has 162 valence electrons. The molecule has 6 heteroatoms. The van der Waals surface area contributed by atoms with Gasteiger partial charge in [-0.3, -0.25) is 14.4 Å². The molecule has 0 spiro atoms. The highest BCUT2D eigenvalue weighted by Crippen LogP contribution is 2.61. The molecule has 0 amide bonds. The fourth-order valence-corrected chi connectivity index (χ4v) is 5.26. The predicted octanol–water partition coefficient (Wildman–Crippen LogP) is 4.15. The first kappa shape index (κ1) is 23.2. The minimum Gasteiger partial charge on any atom is -0.504 e. The van der Waals surface area contributed by atoms with Gasteiger partial charge >= 0.3 is 11.9 Å². The maximum absolute atomic E-state index is 12.5. The highest BCUT2D eigenvalue weighted by Gasteiger charge is 2.59. The van der Waals surface area contributed by atoms with E-state index in [2.05, 4.69) is 20.4 Å². The van der Waals surface area contributed by atoms with Crippen molar-refractivity contribution in [3.05, 3.63) is 24.0 Å². The standard InChI is InChI=1S/C23H34O6/c1-13(10-20(26)28-7)8-9-22(5)14(2)18(29-16(4)24)12-23(6)15(3)21(27)17(25)11-19(22)23/h11,13-14,18-19,25H,3,8-10,12H2,1-2,4-7H3/t13-,14-,18+,19-,22+,23-/m1/s1. The van der Waals surface area contributed by atoms with Crippen molar-refractivity contribution < 1.29 is 29.0 Å². The van der Waals surface area contributed by atoms with E-state index in [1.807, 2.05) is 13.8 Å². The summed E-state index contributed by atoms with van der Waals surface area (Å²) in [7, 11) is 1.38. The van der Waals surface area contributed by atoms with E-state index < -0.39 is 11.2 Å². The predicted molar refractivity (Wildman–Crippen MR) is 109 cm³/mol. The van der Waals surface area contributed by atoms with E-state index in [1.165, 1.54) is 14.0 Å². The number of hydrogen-bond acceptors (Lipinski definition) is 6. The molecule has 0 aromatic heterocycles. The van der Waals surface area contributed by atoms with Crippen LogP contribution in [-0.4, -0.2) is 36.0 Å². The Labute approximate surface area is 173 Å². The number of Topliss-reactive ketones (excluding diaryl/α,β-unsaturated/α-hetero) is 1. The van der Waals surface area contributed by atoms with Gasteiger partial charge in [0, 0.05) is 24.3 Å². The van der Waals surface area contributed by atoms with Crippen LogP contribution in [0.1, 0.15) is 60.3 Å². The maximum atomic E-state index is 12.5. The van der Waals surface area contributed by atoms with Crippen molar-refractivity contribution in [2.24, 2.45) is 28.6 Å². The van der Waals surface area contributed by atoms with E-state index in [0.29, 0.717) is 18.4 Å². The number of aliphatic hydroxyl groups excluding tert-OH is 1. The third-order valence-corrected chi connectivity index (χ3v) is 7.38. The average molecular weight is 407 g/mol. The number of aliphatic hydroxyl groups is 1.